The van der Waals surface area contributed by atoms with Gasteiger partial charge < -0.3 is 14.6 Å². The van der Waals surface area contributed by atoms with E-state index in [2.05, 4.69) is 5.10 Å². The van der Waals surface area contributed by atoms with Gasteiger partial charge in [0.1, 0.15) is 19.0 Å². The summed E-state index contributed by atoms with van der Waals surface area (Å²) in [6.07, 6.45) is 4.97. The number of benzene rings is 3. The van der Waals surface area contributed by atoms with Crippen LogP contribution in [-0.4, -0.2) is 46.7 Å². The van der Waals surface area contributed by atoms with Crippen molar-refractivity contribution in [3.05, 3.63) is 100 Å². The van der Waals surface area contributed by atoms with Gasteiger partial charge in [0.05, 0.1) is 24.0 Å². The molecule has 0 radical (unpaired) electrons. The largest absolute Gasteiger partial charge is 0.490 e. The number of anilines is 1. The van der Waals surface area contributed by atoms with Gasteiger partial charge in [-0.1, -0.05) is 41.9 Å². The summed E-state index contributed by atoms with van der Waals surface area (Å²) in [4.78, 5) is 26.0. The average Bonchev–Trinajstić information content (AvgIpc) is 3.40. The number of amides is 1. The lowest BCUT2D eigenvalue weighted by Gasteiger charge is -2.30. The molecule has 0 saturated carbocycles. The molecule has 8 nitrogen and oxygen atoms in total. The van der Waals surface area contributed by atoms with E-state index in [-0.39, 0.29) is 18.8 Å². The smallest absolute Gasteiger partial charge is 0.414 e. The fraction of sp³-hybridized carbons (Fsp3) is 0.233. The summed E-state index contributed by atoms with van der Waals surface area (Å²) in [6, 6.07) is 18.2. The topological polar surface area (TPSA) is 93.9 Å². The lowest BCUT2D eigenvalue weighted by molar-refractivity contribution is 0.0696. The maximum absolute atomic E-state index is 13.0. The summed E-state index contributed by atoms with van der Waals surface area (Å²) in [5.41, 5.74) is 5.78. The van der Waals surface area contributed by atoms with Gasteiger partial charge >= 0.3 is 12.1 Å². The maximum Gasteiger partial charge on any atom is 0.414 e. The van der Waals surface area contributed by atoms with Crippen LogP contribution in [0, 0.1) is 6.92 Å². The van der Waals surface area contributed by atoms with Crippen LogP contribution in [0.15, 0.2) is 73.1 Å². The van der Waals surface area contributed by atoms with E-state index in [4.69, 9.17) is 21.1 Å². The normalized spacial score (nSPS) is 12.6. The first-order chi connectivity index (χ1) is 18.9. The van der Waals surface area contributed by atoms with Crippen LogP contribution < -0.4 is 9.64 Å². The molecule has 5 rings (SSSR count). The SMILES string of the molecule is Cc1c(Cl)cccc1OCCOC(=O)N1CCCc2c(-c3cnn(Cc4cccc(C(=O)O)c4)c3)cccc21. The van der Waals surface area contributed by atoms with Gasteiger partial charge in [0.2, 0.25) is 0 Å². The summed E-state index contributed by atoms with van der Waals surface area (Å²) < 4.78 is 13.1. The summed E-state index contributed by atoms with van der Waals surface area (Å²) in [6.45, 7) is 3.25. The molecule has 0 atom stereocenters. The molecule has 0 bridgehead atoms. The van der Waals surface area contributed by atoms with Crippen molar-refractivity contribution in [1.82, 2.24) is 9.78 Å². The fourth-order valence-corrected chi connectivity index (χ4v) is 4.93. The quantitative estimate of drug-likeness (QED) is 0.264. The second kappa shape index (κ2) is 11.6. The van der Waals surface area contributed by atoms with Gasteiger partial charge in [-0.15, -0.1) is 0 Å². The Morgan fingerprint density at radius 2 is 1.90 bits per heavy atom. The number of nitrogens with zero attached hydrogens (tertiary/aromatic N) is 3. The van der Waals surface area contributed by atoms with E-state index >= 15 is 0 Å². The van der Waals surface area contributed by atoms with Crippen LogP contribution in [0.3, 0.4) is 0 Å². The van der Waals surface area contributed by atoms with Crippen LogP contribution in [0.5, 0.6) is 5.75 Å². The average molecular weight is 546 g/mol. The van der Waals surface area contributed by atoms with Crippen LogP contribution in [-0.2, 0) is 17.7 Å². The Kier molecular flexibility index (Phi) is 7.84. The minimum absolute atomic E-state index is 0.117. The molecule has 3 aromatic carbocycles. The molecule has 9 heteroatoms. The van der Waals surface area contributed by atoms with E-state index in [9.17, 15) is 14.7 Å². The molecule has 4 aromatic rings. The fourth-order valence-electron chi connectivity index (χ4n) is 4.77. The zero-order valence-corrected chi connectivity index (χ0v) is 22.2. The first-order valence-corrected chi connectivity index (χ1v) is 13.1. The van der Waals surface area contributed by atoms with Gasteiger partial charge in [-0.05, 0) is 66.8 Å². The van der Waals surface area contributed by atoms with E-state index < -0.39 is 12.1 Å². The molecule has 1 amide bonds. The minimum Gasteiger partial charge on any atom is -0.490 e. The van der Waals surface area contributed by atoms with E-state index in [0.717, 1.165) is 46.3 Å². The summed E-state index contributed by atoms with van der Waals surface area (Å²) >= 11 is 6.14. The molecule has 0 aliphatic carbocycles. The van der Waals surface area contributed by atoms with Crippen LogP contribution >= 0.6 is 11.6 Å². The monoisotopic (exact) mass is 545 g/mol. The Balaban J connectivity index is 1.26. The number of carboxylic acid groups (broad SMARTS) is 1. The Morgan fingerprint density at radius 3 is 2.74 bits per heavy atom. The third-order valence-electron chi connectivity index (χ3n) is 6.72. The highest BCUT2D eigenvalue weighted by Gasteiger charge is 2.26. The number of ether oxygens (including phenoxy) is 2. The van der Waals surface area contributed by atoms with Crippen molar-refractivity contribution in [2.24, 2.45) is 0 Å². The standard InChI is InChI=1S/C30H28ClN3O5/c1-20-26(31)10-4-12-28(20)38-14-15-39-30(37)34-13-5-9-25-24(8-3-11-27(25)34)23-17-32-33(19-23)18-21-6-2-7-22(16-21)29(35)36/h2-4,6-8,10-12,16-17,19H,5,9,13-15,18H2,1H3,(H,35,36). The molecule has 0 unspecified atom stereocenters. The van der Waals surface area contributed by atoms with E-state index in [0.29, 0.717) is 23.9 Å². The first-order valence-electron chi connectivity index (χ1n) is 12.7. The molecule has 1 N–H and O–H groups in total. The van der Waals surface area contributed by atoms with Crippen LogP contribution in [0.25, 0.3) is 11.1 Å². The first kappa shape index (κ1) is 26.3. The van der Waals surface area contributed by atoms with Crippen molar-refractivity contribution < 1.29 is 24.2 Å². The Bertz CT molecular complexity index is 1520. The summed E-state index contributed by atoms with van der Waals surface area (Å²) in [7, 11) is 0. The predicted octanol–water partition coefficient (Wildman–Crippen LogP) is 6.23. The number of carbonyl (C=O) groups excluding carboxylic acids is 1. The molecule has 0 saturated heterocycles. The third kappa shape index (κ3) is 5.91. The number of rotatable bonds is 8. The highest BCUT2D eigenvalue weighted by atomic mass is 35.5. The highest BCUT2D eigenvalue weighted by Crippen LogP contribution is 2.35. The molecule has 200 valence electrons. The third-order valence-corrected chi connectivity index (χ3v) is 7.13. The number of hydrogen-bond acceptors (Lipinski definition) is 5. The zero-order chi connectivity index (χ0) is 27.4. The number of hydrogen-bond donors (Lipinski definition) is 1. The van der Waals surface area contributed by atoms with Gasteiger partial charge in [0.25, 0.3) is 0 Å². The summed E-state index contributed by atoms with van der Waals surface area (Å²) in [5, 5.41) is 14.4. The van der Waals surface area contributed by atoms with Crippen molar-refractivity contribution in [2.45, 2.75) is 26.3 Å². The second-order valence-corrected chi connectivity index (χ2v) is 9.72. The Morgan fingerprint density at radius 1 is 1.08 bits per heavy atom. The number of aromatic nitrogens is 2. The minimum atomic E-state index is -0.958. The number of carboxylic acids is 1. The predicted molar refractivity (Wildman–Crippen MR) is 149 cm³/mol. The van der Waals surface area contributed by atoms with Gasteiger partial charge in [-0.3, -0.25) is 9.58 Å². The van der Waals surface area contributed by atoms with Crippen LogP contribution in [0.2, 0.25) is 5.02 Å². The molecule has 2 heterocycles. The molecule has 1 aliphatic heterocycles. The Hall–Kier alpha value is -4.30. The lowest BCUT2D eigenvalue weighted by atomic mass is 9.93. The van der Waals surface area contributed by atoms with Gasteiger partial charge in [0.15, 0.2) is 0 Å². The van der Waals surface area contributed by atoms with E-state index in [1.165, 1.54) is 0 Å². The number of carbonyl (C=O) groups is 2. The maximum atomic E-state index is 13.0. The molecule has 0 fully saturated rings. The number of halogens is 1. The van der Waals surface area contributed by atoms with Crippen molar-refractivity contribution in [3.8, 4) is 16.9 Å². The number of aromatic carboxylic acids is 1. The Labute approximate surface area is 231 Å². The molecular formula is C30H28ClN3O5. The van der Waals surface area contributed by atoms with E-state index in [1.807, 2.05) is 49.5 Å². The molecule has 1 aromatic heterocycles. The molecular weight excluding hydrogens is 518 g/mol. The lowest BCUT2D eigenvalue weighted by Crippen LogP contribution is -2.36. The van der Waals surface area contributed by atoms with Gasteiger partial charge in [0, 0.05) is 28.9 Å². The van der Waals surface area contributed by atoms with Gasteiger partial charge in [-0.2, -0.15) is 5.10 Å². The number of fused-ring (bicyclic) bond motifs is 1. The molecule has 0 spiro atoms. The van der Waals surface area contributed by atoms with Crippen LogP contribution in [0.1, 0.15) is 33.5 Å². The van der Waals surface area contributed by atoms with Crippen molar-refractivity contribution in [1.29, 1.82) is 0 Å². The van der Waals surface area contributed by atoms with Crippen LogP contribution in [0.4, 0.5) is 10.5 Å². The zero-order valence-electron chi connectivity index (χ0n) is 21.5. The molecule has 39 heavy (non-hydrogen) atoms. The van der Waals surface area contributed by atoms with Crippen molar-refractivity contribution in [3.63, 3.8) is 0 Å². The summed E-state index contributed by atoms with van der Waals surface area (Å²) in [5.74, 6) is -0.289. The van der Waals surface area contributed by atoms with Gasteiger partial charge in [-0.25, -0.2) is 9.59 Å². The van der Waals surface area contributed by atoms with Crippen molar-refractivity contribution >= 4 is 29.4 Å². The van der Waals surface area contributed by atoms with Crippen molar-refractivity contribution in [2.75, 3.05) is 24.7 Å². The van der Waals surface area contributed by atoms with E-state index in [1.54, 1.807) is 40.0 Å². The second-order valence-electron chi connectivity index (χ2n) is 9.32. The molecule has 1 aliphatic rings. The highest BCUT2D eigenvalue weighted by molar-refractivity contribution is 6.31.